The van der Waals surface area contributed by atoms with Gasteiger partial charge in [-0.05, 0) is 32.9 Å². The lowest BCUT2D eigenvalue weighted by molar-refractivity contribution is -0.158. The number of carboxylic acids is 1. The van der Waals surface area contributed by atoms with Gasteiger partial charge >= 0.3 is 5.97 Å². The number of carboxylic acid groups (broad SMARTS) is 1. The van der Waals surface area contributed by atoms with E-state index < -0.39 is 11.4 Å². The predicted octanol–water partition coefficient (Wildman–Crippen LogP) is 0.852. The molecule has 6 nitrogen and oxygen atoms in total. The molecule has 1 aromatic heterocycles. The third-order valence-corrected chi connectivity index (χ3v) is 4.82. The number of hydrogen-bond acceptors (Lipinski definition) is 5. The van der Waals surface area contributed by atoms with E-state index in [4.69, 9.17) is 0 Å². The van der Waals surface area contributed by atoms with Gasteiger partial charge in [0, 0.05) is 31.5 Å². The van der Waals surface area contributed by atoms with Crippen LogP contribution in [-0.2, 0) is 4.79 Å². The molecule has 3 heterocycles. The summed E-state index contributed by atoms with van der Waals surface area (Å²) in [5.74, 6) is 0.193. The third kappa shape index (κ3) is 2.04. The van der Waals surface area contributed by atoms with Gasteiger partial charge in [0.15, 0.2) is 0 Å². The summed E-state index contributed by atoms with van der Waals surface area (Å²) < 4.78 is 0. The Morgan fingerprint density at radius 1 is 1.40 bits per heavy atom. The normalized spacial score (nSPS) is 30.9. The zero-order valence-electron chi connectivity index (χ0n) is 11.7. The Hall–Kier alpha value is -1.69. The Morgan fingerprint density at radius 2 is 2.25 bits per heavy atom. The van der Waals surface area contributed by atoms with Crippen LogP contribution in [0.1, 0.15) is 19.3 Å². The molecule has 0 saturated carbocycles. The van der Waals surface area contributed by atoms with Crippen LogP contribution in [-0.4, -0.2) is 58.7 Å². The molecule has 0 aliphatic carbocycles. The molecule has 0 amide bonds. The van der Waals surface area contributed by atoms with E-state index in [0.717, 1.165) is 31.7 Å². The Kier molecular flexibility index (Phi) is 3.33. The van der Waals surface area contributed by atoms with Crippen LogP contribution in [0, 0.1) is 5.41 Å². The molecule has 0 aromatic carbocycles. The van der Waals surface area contributed by atoms with Crippen LogP contribution in [0.5, 0.6) is 0 Å². The first-order valence-electron chi connectivity index (χ1n) is 7.08. The van der Waals surface area contributed by atoms with Crippen molar-refractivity contribution in [2.45, 2.75) is 25.3 Å². The molecule has 3 rings (SSSR count). The summed E-state index contributed by atoms with van der Waals surface area (Å²) >= 11 is 0. The molecule has 0 unspecified atom stereocenters. The van der Waals surface area contributed by atoms with Gasteiger partial charge in [-0.25, -0.2) is 4.98 Å². The second-order valence-corrected chi connectivity index (χ2v) is 5.82. The molecule has 6 heteroatoms. The molecule has 0 bridgehead atoms. The van der Waals surface area contributed by atoms with Crippen molar-refractivity contribution in [1.29, 1.82) is 0 Å². The van der Waals surface area contributed by atoms with Crippen LogP contribution >= 0.6 is 0 Å². The molecule has 2 fully saturated rings. The molecule has 2 aliphatic rings. The van der Waals surface area contributed by atoms with Gasteiger partial charge in [-0.1, -0.05) is 0 Å². The van der Waals surface area contributed by atoms with Crippen molar-refractivity contribution in [2.75, 3.05) is 31.6 Å². The quantitative estimate of drug-likeness (QED) is 0.863. The zero-order valence-corrected chi connectivity index (χ0v) is 11.7. The lowest BCUT2D eigenvalue weighted by Crippen LogP contribution is -2.63. The van der Waals surface area contributed by atoms with E-state index in [-0.39, 0.29) is 6.04 Å². The second-order valence-electron chi connectivity index (χ2n) is 5.82. The number of likely N-dealkylation sites (N-methyl/N-ethyl adjacent to an activating group) is 1. The second kappa shape index (κ2) is 5.01. The Labute approximate surface area is 118 Å². The number of nitrogens with zero attached hydrogens (tertiary/aromatic N) is 4. The fraction of sp³-hybridized carbons (Fsp3) is 0.643. The zero-order chi connectivity index (χ0) is 14.2. The largest absolute Gasteiger partial charge is 0.481 e. The Morgan fingerprint density at radius 3 is 2.95 bits per heavy atom. The molecule has 0 spiro atoms. The maximum Gasteiger partial charge on any atom is 0.311 e. The lowest BCUT2D eigenvalue weighted by Gasteiger charge is -2.52. The standard InChI is InChI=1S/C14H20N4O2/c1-17-7-2-3-14(13(19)20)4-8-18(10-11(14)17)12-9-15-5-6-16-12/h5-6,9,11H,2-4,7-8,10H2,1H3,(H,19,20)/t11-,14+/m1/s1. The first-order chi connectivity index (χ1) is 9.63. The molecular formula is C14H20N4O2. The monoisotopic (exact) mass is 276 g/mol. The van der Waals surface area contributed by atoms with Crippen molar-refractivity contribution < 1.29 is 9.90 Å². The van der Waals surface area contributed by atoms with Gasteiger partial charge in [0.2, 0.25) is 0 Å². The van der Waals surface area contributed by atoms with Crippen molar-refractivity contribution in [2.24, 2.45) is 5.41 Å². The highest BCUT2D eigenvalue weighted by Gasteiger charge is 2.52. The maximum absolute atomic E-state index is 11.8. The Balaban J connectivity index is 1.86. The van der Waals surface area contributed by atoms with Crippen molar-refractivity contribution in [3.05, 3.63) is 18.6 Å². The van der Waals surface area contributed by atoms with Crippen LogP contribution < -0.4 is 4.90 Å². The first-order valence-corrected chi connectivity index (χ1v) is 7.08. The summed E-state index contributed by atoms with van der Waals surface area (Å²) in [7, 11) is 2.03. The van der Waals surface area contributed by atoms with Crippen LogP contribution in [0.25, 0.3) is 0 Å². The summed E-state index contributed by atoms with van der Waals surface area (Å²) in [4.78, 5) is 24.6. The summed E-state index contributed by atoms with van der Waals surface area (Å²) in [5.41, 5.74) is -0.592. The van der Waals surface area contributed by atoms with Gasteiger partial charge in [-0.2, -0.15) is 0 Å². The topological polar surface area (TPSA) is 69.6 Å². The number of hydrogen-bond donors (Lipinski definition) is 1. The van der Waals surface area contributed by atoms with Gasteiger partial charge in [0.05, 0.1) is 11.6 Å². The van der Waals surface area contributed by atoms with E-state index in [2.05, 4.69) is 19.8 Å². The highest BCUT2D eigenvalue weighted by Crippen LogP contribution is 2.42. The molecular weight excluding hydrogens is 256 g/mol. The van der Waals surface area contributed by atoms with E-state index in [1.165, 1.54) is 0 Å². The number of carbonyl (C=O) groups is 1. The average molecular weight is 276 g/mol. The number of piperidine rings is 2. The predicted molar refractivity (Wildman–Crippen MR) is 74.6 cm³/mol. The number of aromatic nitrogens is 2. The molecule has 2 saturated heterocycles. The van der Waals surface area contributed by atoms with Crippen LogP contribution in [0.2, 0.25) is 0 Å². The summed E-state index contributed by atoms with van der Waals surface area (Å²) in [6.45, 7) is 2.41. The SMILES string of the molecule is CN1CCC[C@]2(C(=O)O)CCN(c3cnccn3)C[C@@H]12. The van der Waals surface area contributed by atoms with Gasteiger partial charge in [0.25, 0.3) is 0 Å². The number of likely N-dealkylation sites (tertiary alicyclic amines) is 1. The molecule has 2 aliphatic heterocycles. The van der Waals surface area contributed by atoms with Gasteiger partial charge in [-0.15, -0.1) is 0 Å². The highest BCUT2D eigenvalue weighted by atomic mass is 16.4. The summed E-state index contributed by atoms with van der Waals surface area (Å²) in [6, 6.07) is 0.0458. The van der Waals surface area contributed by atoms with E-state index in [0.29, 0.717) is 13.0 Å². The minimum Gasteiger partial charge on any atom is -0.481 e. The van der Waals surface area contributed by atoms with E-state index >= 15 is 0 Å². The fourth-order valence-electron chi connectivity index (χ4n) is 3.65. The number of aliphatic carboxylic acids is 1. The molecule has 0 radical (unpaired) electrons. The minimum absolute atomic E-state index is 0.0458. The van der Waals surface area contributed by atoms with Crippen LogP contribution in [0.4, 0.5) is 5.82 Å². The van der Waals surface area contributed by atoms with Gasteiger partial charge in [0.1, 0.15) is 5.82 Å². The van der Waals surface area contributed by atoms with Crippen molar-refractivity contribution >= 4 is 11.8 Å². The van der Waals surface area contributed by atoms with Gasteiger partial charge < -0.3 is 14.9 Å². The lowest BCUT2D eigenvalue weighted by atomic mass is 9.68. The van der Waals surface area contributed by atoms with E-state index in [1.807, 2.05) is 7.05 Å². The fourth-order valence-corrected chi connectivity index (χ4v) is 3.65. The van der Waals surface area contributed by atoms with Gasteiger partial charge in [-0.3, -0.25) is 9.78 Å². The van der Waals surface area contributed by atoms with Crippen molar-refractivity contribution in [3.8, 4) is 0 Å². The number of anilines is 1. The molecule has 108 valence electrons. The van der Waals surface area contributed by atoms with Crippen LogP contribution in [0.3, 0.4) is 0 Å². The Bertz CT molecular complexity index is 495. The van der Waals surface area contributed by atoms with Crippen LogP contribution in [0.15, 0.2) is 18.6 Å². The maximum atomic E-state index is 11.8. The molecule has 1 aromatic rings. The molecule has 2 atom stereocenters. The van der Waals surface area contributed by atoms with E-state index in [1.54, 1.807) is 18.6 Å². The number of fused-ring (bicyclic) bond motifs is 1. The van der Waals surface area contributed by atoms with Crippen molar-refractivity contribution in [1.82, 2.24) is 14.9 Å². The minimum atomic E-state index is -0.646. The highest BCUT2D eigenvalue weighted by molar-refractivity contribution is 5.76. The average Bonchev–Trinajstić information content (AvgIpc) is 2.48. The third-order valence-electron chi connectivity index (χ3n) is 4.82. The first kappa shape index (κ1) is 13.3. The smallest absolute Gasteiger partial charge is 0.311 e. The van der Waals surface area contributed by atoms with Crippen molar-refractivity contribution in [3.63, 3.8) is 0 Å². The molecule has 20 heavy (non-hydrogen) atoms. The van der Waals surface area contributed by atoms with E-state index in [9.17, 15) is 9.90 Å². The molecule has 1 N–H and O–H groups in total. The number of rotatable bonds is 2. The summed E-state index contributed by atoms with van der Waals surface area (Å²) in [5, 5.41) is 9.73. The summed E-state index contributed by atoms with van der Waals surface area (Å²) in [6.07, 6.45) is 7.50.